The molecule has 1 radical (unpaired) electrons. The second-order valence-electron chi connectivity index (χ2n) is 15.3. The zero-order chi connectivity index (χ0) is 41.6. The van der Waals surface area contributed by atoms with Crippen LogP contribution in [0.4, 0.5) is 0 Å². The molecule has 7 aromatic carbocycles. The van der Waals surface area contributed by atoms with Crippen LogP contribution >= 0.6 is 15.8 Å². The number of hydrogen-bond acceptors (Lipinski definition) is 3. The molecule has 0 unspecified atom stereocenters. The summed E-state index contributed by atoms with van der Waals surface area (Å²) in [5, 5.41) is 10.3. The van der Waals surface area contributed by atoms with Gasteiger partial charge in [0.05, 0.1) is 11.0 Å². The number of ether oxygens (including phenoxy) is 1. The Morgan fingerprint density at radius 3 is 1.02 bits per heavy atom. The number of nitrogens with zero attached hydrogens (tertiary/aromatic N) is 2. The molecule has 3 nitrogen and oxygen atoms in total. The summed E-state index contributed by atoms with van der Waals surface area (Å²) in [5.74, 6) is 1.85. The maximum absolute atomic E-state index is 6.94. The minimum atomic E-state index is -1.28. The van der Waals surface area contributed by atoms with Gasteiger partial charge in [0.25, 0.3) is 0 Å². The van der Waals surface area contributed by atoms with E-state index in [-0.39, 0.29) is 17.1 Å². The van der Waals surface area contributed by atoms with Crippen LogP contribution in [0.15, 0.2) is 206 Å². The van der Waals surface area contributed by atoms with E-state index < -0.39 is 15.8 Å². The van der Waals surface area contributed by atoms with Crippen LogP contribution in [0.25, 0.3) is 21.8 Å². The minimum absolute atomic E-state index is 0. The molecule has 0 saturated heterocycles. The van der Waals surface area contributed by atoms with E-state index >= 15 is 0 Å². The molecule has 0 fully saturated rings. The fraction of sp³-hybridized carbons (Fsp3) is 0.143. The predicted molar refractivity (Wildman–Crippen MR) is 267 cm³/mol. The summed E-state index contributed by atoms with van der Waals surface area (Å²) >= 11 is 0. The van der Waals surface area contributed by atoms with Gasteiger partial charge in [0, 0.05) is 39.2 Å². The first-order valence-corrected chi connectivity index (χ1v) is 24.7. The van der Waals surface area contributed by atoms with Crippen LogP contribution in [0.1, 0.15) is 50.9 Å². The van der Waals surface area contributed by atoms with Gasteiger partial charge in [0.2, 0.25) is 0 Å². The number of pyridine rings is 2. The van der Waals surface area contributed by atoms with Gasteiger partial charge in [0.15, 0.2) is 11.5 Å². The topological polar surface area (TPSA) is 35.0 Å². The predicted octanol–water partition coefficient (Wildman–Crippen LogP) is 11.9. The van der Waals surface area contributed by atoms with Gasteiger partial charge in [-0.1, -0.05) is 148 Å². The monoisotopic (exact) mass is 895 g/mol. The second-order valence-corrected chi connectivity index (χ2v) is 20.2. The van der Waals surface area contributed by atoms with Crippen molar-refractivity contribution in [1.82, 2.24) is 9.97 Å². The van der Waals surface area contributed by atoms with E-state index in [0.717, 1.165) is 35.4 Å². The first-order valence-electron chi connectivity index (χ1n) is 21.7. The van der Waals surface area contributed by atoms with Gasteiger partial charge in [-0.05, 0) is 111 Å². The summed E-state index contributed by atoms with van der Waals surface area (Å²) in [7, 11) is -2.56. The Balaban J connectivity index is 0.000000214. The zero-order valence-electron chi connectivity index (χ0n) is 35.5. The van der Waals surface area contributed by atoms with Crippen molar-refractivity contribution in [3.63, 3.8) is 0 Å². The van der Waals surface area contributed by atoms with Crippen molar-refractivity contribution in [1.29, 1.82) is 0 Å². The number of unbranched alkanes of at least 4 members (excludes halogenated alkanes) is 2. The molecule has 0 amide bonds. The number of aromatic nitrogens is 2. The van der Waals surface area contributed by atoms with E-state index in [4.69, 9.17) is 14.7 Å². The van der Waals surface area contributed by atoms with Crippen molar-refractivity contribution >= 4 is 69.5 Å². The van der Waals surface area contributed by atoms with Crippen LogP contribution in [-0.4, -0.2) is 9.97 Å². The van der Waals surface area contributed by atoms with Crippen LogP contribution in [-0.2, 0) is 29.9 Å². The fourth-order valence-electron chi connectivity index (χ4n) is 7.86. The molecule has 313 valence electrons. The molecule has 0 aliphatic carbocycles. The zero-order valence-corrected chi connectivity index (χ0v) is 38.4. The van der Waals surface area contributed by atoms with E-state index in [0.29, 0.717) is 0 Å². The molecule has 2 aromatic heterocycles. The quantitative estimate of drug-likeness (QED) is 0.0620. The summed E-state index contributed by atoms with van der Waals surface area (Å²) < 4.78 is 6.94. The maximum Gasteiger partial charge on any atom is 0.170 e. The molecule has 0 saturated carbocycles. The van der Waals surface area contributed by atoms with E-state index in [1.54, 1.807) is 0 Å². The molecule has 6 heteroatoms. The van der Waals surface area contributed by atoms with E-state index in [2.05, 4.69) is 220 Å². The number of benzene rings is 7. The third-order valence-corrected chi connectivity index (χ3v) is 16.5. The Morgan fingerprint density at radius 1 is 0.371 bits per heavy atom. The van der Waals surface area contributed by atoms with E-state index in [9.17, 15) is 0 Å². The molecule has 9 aromatic rings. The fourth-order valence-corrected chi connectivity index (χ4v) is 13.2. The SMILES string of the molecule is CCCCc1ccc2ccc3ccc(CCCC)nc3c2n1.[Cu].c1ccc([PH+](c2ccccc2)c2ccccc2Oc2ccccc2[PH+](c2ccccc2)c2ccccc2)cc1. The summed E-state index contributed by atoms with van der Waals surface area (Å²) in [4.78, 5) is 9.80. The van der Waals surface area contributed by atoms with Gasteiger partial charge in [-0.2, -0.15) is 0 Å². The maximum atomic E-state index is 6.94. The summed E-state index contributed by atoms with van der Waals surface area (Å²) in [5.41, 5.74) is 4.49. The summed E-state index contributed by atoms with van der Waals surface area (Å²) in [6.07, 6.45) is 6.90. The second kappa shape index (κ2) is 22.6. The van der Waals surface area contributed by atoms with Gasteiger partial charge in [-0.3, -0.25) is 9.97 Å². The molecule has 0 bridgehead atoms. The van der Waals surface area contributed by atoms with Gasteiger partial charge in [-0.25, -0.2) is 0 Å². The number of aryl methyl sites for hydroxylation is 2. The van der Waals surface area contributed by atoms with Gasteiger partial charge in [-0.15, -0.1) is 0 Å². The Kier molecular flexibility index (Phi) is 16.2. The van der Waals surface area contributed by atoms with Crippen molar-refractivity contribution in [2.45, 2.75) is 52.4 Å². The Morgan fingerprint density at radius 2 is 0.677 bits per heavy atom. The molecular weight excluding hydrogens is 842 g/mol. The van der Waals surface area contributed by atoms with E-state index in [1.807, 2.05) is 0 Å². The van der Waals surface area contributed by atoms with Gasteiger partial charge in [0.1, 0.15) is 47.7 Å². The Hall–Kier alpha value is -5.46. The molecule has 0 aliphatic heterocycles. The molecule has 9 rings (SSSR count). The van der Waals surface area contributed by atoms with Crippen LogP contribution in [0, 0.1) is 0 Å². The minimum Gasteiger partial charge on any atom is -0.449 e. The van der Waals surface area contributed by atoms with Crippen LogP contribution in [0.3, 0.4) is 0 Å². The third-order valence-electron chi connectivity index (χ3n) is 11.0. The van der Waals surface area contributed by atoms with Crippen molar-refractivity contribution in [2.75, 3.05) is 0 Å². The van der Waals surface area contributed by atoms with Crippen LogP contribution in [0.2, 0.25) is 0 Å². The van der Waals surface area contributed by atoms with Gasteiger partial charge < -0.3 is 4.74 Å². The molecular formula is C56H54CuN2OP2+2. The average molecular weight is 897 g/mol. The summed E-state index contributed by atoms with van der Waals surface area (Å²) in [6, 6.07) is 73.6. The molecule has 0 spiro atoms. The van der Waals surface area contributed by atoms with Crippen molar-refractivity contribution in [3.05, 3.63) is 218 Å². The molecule has 0 N–H and O–H groups in total. The number of para-hydroxylation sites is 2. The average Bonchev–Trinajstić information content (AvgIpc) is 3.33. The normalized spacial score (nSPS) is 11.0. The van der Waals surface area contributed by atoms with Crippen LogP contribution in [0.5, 0.6) is 11.5 Å². The molecule has 2 heterocycles. The number of rotatable bonds is 14. The van der Waals surface area contributed by atoms with Crippen LogP contribution < -0.4 is 36.6 Å². The van der Waals surface area contributed by atoms with Crippen molar-refractivity contribution in [3.8, 4) is 11.5 Å². The van der Waals surface area contributed by atoms with E-state index in [1.165, 1.54) is 79.7 Å². The Bertz CT molecular complexity index is 2500. The Labute approximate surface area is 380 Å². The first-order chi connectivity index (χ1) is 30.2. The molecule has 62 heavy (non-hydrogen) atoms. The molecule has 0 aliphatic rings. The van der Waals surface area contributed by atoms with Gasteiger partial charge >= 0.3 is 0 Å². The van der Waals surface area contributed by atoms with Crippen molar-refractivity contribution in [2.24, 2.45) is 0 Å². The molecule has 0 atom stereocenters. The number of fused-ring (bicyclic) bond motifs is 3. The third kappa shape index (κ3) is 10.9. The first kappa shape index (κ1) is 44.6. The largest absolute Gasteiger partial charge is 0.449 e. The summed E-state index contributed by atoms with van der Waals surface area (Å²) in [6.45, 7) is 4.44. The standard InChI is InChI=1S/C36H28OP2.C20H24N2.Cu/c1-5-17-29(18-6-1)38(30-19-7-2-8-20-30)35-27-15-13-25-33(35)37-34-26-14-16-28-36(34)39(31-21-9-3-10-22-31)32-23-11-4-12-24-32;1-3-5-7-17-13-11-15-9-10-16-12-14-18(8-6-4-2)22-20(16)19(15)21-17;/h1-28H;9-14H,3-8H2,1-2H3;/p+2. The number of hydrogen-bond donors (Lipinski definition) is 0. The van der Waals surface area contributed by atoms with Crippen molar-refractivity contribution < 1.29 is 21.8 Å². The smallest absolute Gasteiger partial charge is 0.170 e.